The van der Waals surface area contributed by atoms with Gasteiger partial charge in [0.2, 0.25) is 0 Å². The molecule has 0 bridgehead atoms. The number of ether oxygens (including phenoxy) is 2. The fourth-order valence-electron chi connectivity index (χ4n) is 3.19. The summed E-state index contributed by atoms with van der Waals surface area (Å²) in [7, 11) is 1.93. The first kappa shape index (κ1) is 14.2. The van der Waals surface area contributed by atoms with Crippen molar-refractivity contribution in [3.8, 4) is 11.5 Å². The van der Waals surface area contributed by atoms with Crippen LogP contribution in [0.1, 0.15) is 48.9 Å². The van der Waals surface area contributed by atoms with E-state index in [2.05, 4.69) is 0 Å². The molecule has 2 aliphatic rings. The molecular formula is C17H23NO3. The van der Waals surface area contributed by atoms with E-state index in [-0.39, 0.29) is 5.91 Å². The Morgan fingerprint density at radius 3 is 2.43 bits per heavy atom. The Kier molecular flexibility index (Phi) is 4.32. The second kappa shape index (κ2) is 6.37. The van der Waals surface area contributed by atoms with Gasteiger partial charge < -0.3 is 14.4 Å². The Balaban J connectivity index is 1.74. The number of fused-ring (bicyclic) bond motifs is 1. The fourth-order valence-corrected chi connectivity index (χ4v) is 3.19. The molecular weight excluding hydrogens is 266 g/mol. The van der Waals surface area contributed by atoms with E-state index in [4.69, 9.17) is 9.47 Å². The van der Waals surface area contributed by atoms with Crippen LogP contribution in [0.4, 0.5) is 0 Å². The molecule has 1 fully saturated rings. The van der Waals surface area contributed by atoms with Crippen LogP contribution in [0, 0.1) is 0 Å². The van der Waals surface area contributed by atoms with Gasteiger partial charge in [-0.05, 0) is 31.0 Å². The molecule has 1 aromatic carbocycles. The number of hydrogen-bond donors (Lipinski definition) is 0. The predicted molar refractivity (Wildman–Crippen MR) is 81.0 cm³/mol. The molecule has 1 heterocycles. The van der Waals surface area contributed by atoms with Crippen molar-refractivity contribution in [2.24, 2.45) is 0 Å². The predicted octanol–water partition coefficient (Wildman–Crippen LogP) is 3.25. The smallest absolute Gasteiger partial charge is 0.253 e. The van der Waals surface area contributed by atoms with Gasteiger partial charge in [0.1, 0.15) is 13.2 Å². The normalized spacial score (nSPS) is 18.9. The zero-order valence-electron chi connectivity index (χ0n) is 12.6. The summed E-state index contributed by atoms with van der Waals surface area (Å²) in [6.07, 6.45) is 7.28. The van der Waals surface area contributed by atoms with Crippen molar-refractivity contribution >= 4 is 5.91 Å². The molecule has 1 aliphatic heterocycles. The maximum absolute atomic E-state index is 12.7. The first-order valence-corrected chi connectivity index (χ1v) is 7.92. The number of rotatable bonds is 2. The van der Waals surface area contributed by atoms with E-state index in [1.165, 1.54) is 25.7 Å². The van der Waals surface area contributed by atoms with Gasteiger partial charge in [-0.25, -0.2) is 0 Å². The van der Waals surface area contributed by atoms with Crippen molar-refractivity contribution in [2.45, 2.75) is 44.6 Å². The van der Waals surface area contributed by atoms with Crippen molar-refractivity contribution < 1.29 is 14.3 Å². The number of carbonyl (C=O) groups is 1. The quantitative estimate of drug-likeness (QED) is 0.784. The molecule has 1 aliphatic carbocycles. The van der Waals surface area contributed by atoms with Crippen molar-refractivity contribution in [2.75, 3.05) is 20.3 Å². The second-order valence-electron chi connectivity index (χ2n) is 5.92. The first-order valence-electron chi connectivity index (χ1n) is 7.92. The van der Waals surface area contributed by atoms with Gasteiger partial charge in [-0.15, -0.1) is 0 Å². The largest absolute Gasteiger partial charge is 0.486 e. The Morgan fingerprint density at radius 1 is 1.05 bits per heavy atom. The molecule has 4 heteroatoms. The van der Waals surface area contributed by atoms with Crippen molar-refractivity contribution in [3.63, 3.8) is 0 Å². The monoisotopic (exact) mass is 289 g/mol. The van der Waals surface area contributed by atoms with E-state index < -0.39 is 0 Å². The Morgan fingerprint density at radius 2 is 1.71 bits per heavy atom. The molecule has 1 saturated carbocycles. The highest BCUT2D eigenvalue weighted by Crippen LogP contribution is 2.31. The molecule has 0 radical (unpaired) electrons. The highest BCUT2D eigenvalue weighted by Gasteiger charge is 2.23. The highest BCUT2D eigenvalue weighted by atomic mass is 16.6. The third-order valence-electron chi connectivity index (χ3n) is 4.48. The second-order valence-corrected chi connectivity index (χ2v) is 5.92. The summed E-state index contributed by atoms with van der Waals surface area (Å²) in [5.74, 6) is 1.50. The van der Waals surface area contributed by atoms with E-state index >= 15 is 0 Å². The molecule has 1 amide bonds. The van der Waals surface area contributed by atoms with Gasteiger partial charge >= 0.3 is 0 Å². The maximum Gasteiger partial charge on any atom is 0.253 e. The van der Waals surface area contributed by atoms with Crippen LogP contribution in [-0.4, -0.2) is 37.1 Å². The number of hydrogen-bond acceptors (Lipinski definition) is 3. The van der Waals surface area contributed by atoms with E-state index in [0.29, 0.717) is 30.6 Å². The molecule has 0 atom stereocenters. The zero-order valence-corrected chi connectivity index (χ0v) is 12.6. The first-order chi connectivity index (χ1) is 10.3. The van der Waals surface area contributed by atoms with Crippen molar-refractivity contribution in [3.05, 3.63) is 23.8 Å². The van der Waals surface area contributed by atoms with Crippen molar-refractivity contribution in [1.29, 1.82) is 0 Å². The van der Waals surface area contributed by atoms with Crippen LogP contribution in [0.5, 0.6) is 11.5 Å². The minimum absolute atomic E-state index is 0.0823. The lowest BCUT2D eigenvalue weighted by Gasteiger charge is -2.28. The number of amides is 1. The standard InChI is InChI=1S/C17H23NO3/c1-18(14-6-4-2-3-5-7-14)17(19)13-8-9-15-16(12-13)21-11-10-20-15/h8-9,12,14H,2-7,10-11H2,1H3. The summed E-state index contributed by atoms with van der Waals surface area (Å²) in [6.45, 7) is 1.12. The lowest BCUT2D eigenvalue weighted by atomic mass is 10.1. The Bertz CT molecular complexity index is 507. The molecule has 114 valence electrons. The number of carbonyl (C=O) groups excluding carboxylic acids is 1. The van der Waals surface area contributed by atoms with Crippen LogP contribution in [0.25, 0.3) is 0 Å². The average molecular weight is 289 g/mol. The molecule has 0 spiro atoms. The van der Waals surface area contributed by atoms with E-state index in [1.807, 2.05) is 30.1 Å². The molecule has 4 nitrogen and oxygen atoms in total. The van der Waals surface area contributed by atoms with Crippen LogP contribution < -0.4 is 9.47 Å². The third kappa shape index (κ3) is 3.14. The fraction of sp³-hybridized carbons (Fsp3) is 0.588. The van der Waals surface area contributed by atoms with Gasteiger partial charge in [-0.3, -0.25) is 4.79 Å². The summed E-state index contributed by atoms with van der Waals surface area (Å²) in [5.41, 5.74) is 0.686. The van der Waals surface area contributed by atoms with E-state index in [9.17, 15) is 4.79 Å². The molecule has 1 aromatic rings. The molecule has 3 rings (SSSR count). The Labute approximate surface area is 126 Å². The minimum atomic E-state index is 0.0823. The summed E-state index contributed by atoms with van der Waals surface area (Å²) < 4.78 is 11.1. The molecule has 0 aromatic heterocycles. The lowest BCUT2D eigenvalue weighted by molar-refractivity contribution is 0.0716. The Hall–Kier alpha value is -1.71. The molecule has 21 heavy (non-hydrogen) atoms. The topological polar surface area (TPSA) is 38.8 Å². The zero-order chi connectivity index (χ0) is 14.7. The number of benzene rings is 1. The van der Waals surface area contributed by atoms with Crippen LogP contribution in [0.3, 0.4) is 0 Å². The summed E-state index contributed by atoms with van der Waals surface area (Å²) in [5, 5.41) is 0. The van der Waals surface area contributed by atoms with Crippen LogP contribution >= 0.6 is 0 Å². The molecule has 0 unspecified atom stereocenters. The van der Waals surface area contributed by atoms with E-state index in [0.717, 1.165) is 18.6 Å². The van der Waals surface area contributed by atoms with E-state index in [1.54, 1.807) is 0 Å². The SMILES string of the molecule is CN(C(=O)c1ccc2c(c1)OCCO2)C1CCCCCC1. The van der Waals surface area contributed by atoms with Crippen LogP contribution in [0.2, 0.25) is 0 Å². The summed E-state index contributed by atoms with van der Waals surface area (Å²) >= 11 is 0. The average Bonchev–Trinajstić information content (AvgIpc) is 2.82. The van der Waals surface area contributed by atoms with Gasteiger partial charge in [0.25, 0.3) is 5.91 Å². The van der Waals surface area contributed by atoms with Gasteiger partial charge in [0, 0.05) is 18.7 Å². The lowest BCUT2D eigenvalue weighted by Crippen LogP contribution is -2.36. The third-order valence-corrected chi connectivity index (χ3v) is 4.48. The molecule has 0 saturated heterocycles. The maximum atomic E-state index is 12.7. The number of nitrogens with zero attached hydrogens (tertiary/aromatic N) is 1. The van der Waals surface area contributed by atoms with Gasteiger partial charge in [-0.1, -0.05) is 25.7 Å². The van der Waals surface area contributed by atoms with Crippen molar-refractivity contribution in [1.82, 2.24) is 4.90 Å². The van der Waals surface area contributed by atoms with Gasteiger partial charge in [0.15, 0.2) is 11.5 Å². The van der Waals surface area contributed by atoms with Gasteiger partial charge in [0.05, 0.1) is 0 Å². The molecule has 0 N–H and O–H groups in total. The summed E-state index contributed by atoms with van der Waals surface area (Å²) in [4.78, 5) is 14.6. The van der Waals surface area contributed by atoms with Gasteiger partial charge in [-0.2, -0.15) is 0 Å². The summed E-state index contributed by atoms with van der Waals surface area (Å²) in [6, 6.07) is 5.85. The minimum Gasteiger partial charge on any atom is -0.486 e. The van der Waals surface area contributed by atoms with Crippen LogP contribution in [-0.2, 0) is 0 Å². The van der Waals surface area contributed by atoms with Crippen LogP contribution in [0.15, 0.2) is 18.2 Å². The highest BCUT2D eigenvalue weighted by molar-refractivity contribution is 5.95.